The van der Waals surface area contributed by atoms with Gasteiger partial charge >= 0.3 is 0 Å². The molecule has 0 radical (unpaired) electrons. The van der Waals surface area contributed by atoms with Crippen LogP contribution in [0.25, 0.3) is 0 Å². The largest absolute Gasteiger partial charge is 0.352 e. The Labute approximate surface area is 204 Å². The van der Waals surface area contributed by atoms with Gasteiger partial charge in [-0.05, 0) is 58.2 Å². The first-order valence-electron chi connectivity index (χ1n) is 11.5. The summed E-state index contributed by atoms with van der Waals surface area (Å²) in [6.07, 6.45) is 1.49. The van der Waals surface area contributed by atoms with E-state index in [0.717, 1.165) is 32.8 Å². The van der Waals surface area contributed by atoms with E-state index in [1.807, 2.05) is 77.9 Å². The van der Waals surface area contributed by atoms with Gasteiger partial charge < -0.3 is 10.2 Å². The van der Waals surface area contributed by atoms with Gasteiger partial charge in [0.25, 0.3) is 0 Å². The molecule has 1 unspecified atom stereocenters. The fourth-order valence-electron chi connectivity index (χ4n) is 3.99. The first-order valence-corrected chi connectivity index (χ1v) is 13.4. The van der Waals surface area contributed by atoms with E-state index < -0.39 is 22.0 Å². The van der Waals surface area contributed by atoms with Gasteiger partial charge in [-0.3, -0.25) is 13.9 Å². The zero-order valence-corrected chi connectivity index (χ0v) is 22.1. The van der Waals surface area contributed by atoms with Crippen LogP contribution in [-0.4, -0.2) is 50.0 Å². The van der Waals surface area contributed by atoms with E-state index in [4.69, 9.17) is 0 Å². The molecule has 2 aromatic rings. The summed E-state index contributed by atoms with van der Waals surface area (Å²) in [5.74, 6) is -0.686. The Hall–Kier alpha value is -2.87. The molecule has 0 aliphatic carbocycles. The Bertz CT molecular complexity index is 1130. The number of anilines is 1. The quantitative estimate of drug-likeness (QED) is 0.554. The van der Waals surface area contributed by atoms with E-state index >= 15 is 0 Å². The summed E-state index contributed by atoms with van der Waals surface area (Å²) in [5, 5.41) is 2.89. The van der Waals surface area contributed by atoms with Crippen molar-refractivity contribution in [3.05, 3.63) is 64.7 Å². The minimum Gasteiger partial charge on any atom is -0.352 e. The fraction of sp³-hybridized carbons (Fsp3) is 0.462. The van der Waals surface area contributed by atoms with Crippen LogP contribution in [0.2, 0.25) is 0 Å². The van der Waals surface area contributed by atoms with Crippen molar-refractivity contribution in [1.82, 2.24) is 10.2 Å². The van der Waals surface area contributed by atoms with E-state index in [1.54, 1.807) is 6.07 Å². The van der Waals surface area contributed by atoms with Crippen LogP contribution >= 0.6 is 0 Å². The normalized spacial score (nSPS) is 12.4. The van der Waals surface area contributed by atoms with Crippen LogP contribution in [0.5, 0.6) is 0 Å². The molecule has 0 saturated heterocycles. The van der Waals surface area contributed by atoms with Crippen LogP contribution in [0.4, 0.5) is 5.69 Å². The highest BCUT2D eigenvalue weighted by molar-refractivity contribution is 7.92. The minimum absolute atomic E-state index is 0.0832. The van der Waals surface area contributed by atoms with Crippen LogP contribution in [0, 0.1) is 20.8 Å². The zero-order chi connectivity index (χ0) is 25.6. The standard InChI is InChI=1S/C26H37N3O4S/c1-8-23(26(31)27-18(2)3)28(16-22-11-9-10-19(4)15-22)25(30)17-29(34(7,32)33)24-13-12-20(5)14-21(24)6/h9-15,18,23H,8,16-17H2,1-7H3,(H,27,31). The van der Waals surface area contributed by atoms with Gasteiger partial charge in [0, 0.05) is 12.6 Å². The molecule has 2 amide bonds. The summed E-state index contributed by atoms with van der Waals surface area (Å²) >= 11 is 0. The molecule has 34 heavy (non-hydrogen) atoms. The molecule has 2 rings (SSSR count). The lowest BCUT2D eigenvalue weighted by atomic mass is 10.1. The molecule has 7 nitrogen and oxygen atoms in total. The lowest BCUT2D eigenvalue weighted by Crippen LogP contribution is -2.53. The molecule has 1 atom stereocenters. The number of benzene rings is 2. The number of amides is 2. The van der Waals surface area contributed by atoms with E-state index in [0.29, 0.717) is 12.1 Å². The highest BCUT2D eigenvalue weighted by Gasteiger charge is 2.32. The van der Waals surface area contributed by atoms with Gasteiger partial charge in [0.15, 0.2) is 0 Å². The number of nitrogens with zero attached hydrogens (tertiary/aromatic N) is 2. The summed E-state index contributed by atoms with van der Waals surface area (Å²) < 4.78 is 26.6. The van der Waals surface area contributed by atoms with Crippen LogP contribution in [0.1, 0.15) is 49.4 Å². The Morgan fingerprint density at radius 2 is 1.65 bits per heavy atom. The number of aryl methyl sites for hydroxylation is 3. The Kier molecular flexibility index (Phi) is 9.27. The first-order chi connectivity index (χ1) is 15.8. The van der Waals surface area contributed by atoms with E-state index in [2.05, 4.69) is 5.32 Å². The van der Waals surface area contributed by atoms with Crippen molar-refractivity contribution in [3.8, 4) is 0 Å². The molecule has 8 heteroatoms. The monoisotopic (exact) mass is 487 g/mol. The molecule has 0 saturated carbocycles. The zero-order valence-electron chi connectivity index (χ0n) is 21.3. The molecule has 0 fully saturated rings. The molecule has 0 bridgehead atoms. The van der Waals surface area contributed by atoms with Gasteiger partial charge in [-0.1, -0.05) is 54.4 Å². The molecule has 0 aliphatic heterocycles. The Morgan fingerprint density at radius 3 is 2.18 bits per heavy atom. The summed E-state index contributed by atoms with van der Waals surface area (Å²) in [7, 11) is -3.75. The van der Waals surface area contributed by atoms with Crippen molar-refractivity contribution in [2.45, 2.75) is 66.6 Å². The second-order valence-corrected chi connectivity index (χ2v) is 11.1. The van der Waals surface area contributed by atoms with Crippen LogP contribution in [-0.2, 0) is 26.2 Å². The van der Waals surface area contributed by atoms with Crippen molar-refractivity contribution in [2.75, 3.05) is 17.1 Å². The third-order valence-corrected chi connectivity index (χ3v) is 6.68. The summed E-state index contributed by atoms with van der Waals surface area (Å²) in [6.45, 7) is 11.1. The molecule has 1 N–H and O–H groups in total. The first kappa shape index (κ1) is 27.4. The van der Waals surface area contributed by atoms with Crippen molar-refractivity contribution in [2.24, 2.45) is 0 Å². The van der Waals surface area contributed by atoms with Crippen molar-refractivity contribution in [3.63, 3.8) is 0 Å². The Balaban J connectivity index is 2.48. The molecular weight excluding hydrogens is 450 g/mol. The van der Waals surface area contributed by atoms with Crippen molar-refractivity contribution < 1.29 is 18.0 Å². The predicted octanol–water partition coefficient (Wildman–Crippen LogP) is 3.71. The number of nitrogens with one attached hydrogen (secondary N) is 1. The van der Waals surface area contributed by atoms with Gasteiger partial charge in [-0.25, -0.2) is 8.42 Å². The Morgan fingerprint density at radius 1 is 1.00 bits per heavy atom. The maximum atomic E-state index is 13.7. The third kappa shape index (κ3) is 7.32. The highest BCUT2D eigenvalue weighted by atomic mass is 32.2. The number of hydrogen-bond donors (Lipinski definition) is 1. The summed E-state index contributed by atoms with van der Waals surface area (Å²) in [6, 6.07) is 12.3. The lowest BCUT2D eigenvalue weighted by molar-refractivity contribution is -0.140. The number of rotatable bonds is 10. The van der Waals surface area contributed by atoms with Crippen molar-refractivity contribution in [1.29, 1.82) is 0 Å². The average Bonchev–Trinajstić information content (AvgIpc) is 2.71. The topological polar surface area (TPSA) is 86.8 Å². The molecule has 0 spiro atoms. The maximum absolute atomic E-state index is 13.7. The van der Waals surface area contributed by atoms with E-state index in [1.165, 1.54) is 4.90 Å². The highest BCUT2D eigenvalue weighted by Crippen LogP contribution is 2.24. The molecule has 0 aliphatic rings. The smallest absolute Gasteiger partial charge is 0.244 e. The van der Waals surface area contributed by atoms with Gasteiger partial charge in [-0.2, -0.15) is 0 Å². The van der Waals surface area contributed by atoms with Crippen LogP contribution in [0.15, 0.2) is 42.5 Å². The SMILES string of the molecule is CCC(C(=O)NC(C)C)N(Cc1cccc(C)c1)C(=O)CN(c1ccc(C)cc1C)S(C)(=O)=O. The number of hydrogen-bond acceptors (Lipinski definition) is 4. The second kappa shape index (κ2) is 11.5. The predicted molar refractivity (Wildman–Crippen MR) is 137 cm³/mol. The average molecular weight is 488 g/mol. The van der Waals surface area contributed by atoms with E-state index in [-0.39, 0.29) is 25.0 Å². The summed E-state index contributed by atoms with van der Waals surface area (Å²) in [5.41, 5.74) is 4.13. The lowest BCUT2D eigenvalue weighted by Gasteiger charge is -2.33. The van der Waals surface area contributed by atoms with Crippen molar-refractivity contribution >= 4 is 27.5 Å². The van der Waals surface area contributed by atoms with Crippen LogP contribution in [0.3, 0.4) is 0 Å². The van der Waals surface area contributed by atoms with Gasteiger partial charge in [0.1, 0.15) is 12.6 Å². The van der Waals surface area contributed by atoms with Gasteiger partial charge in [0.2, 0.25) is 21.8 Å². The van der Waals surface area contributed by atoms with Gasteiger partial charge in [0.05, 0.1) is 11.9 Å². The molecule has 0 heterocycles. The van der Waals surface area contributed by atoms with Gasteiger partial charge in [-0.15, -0.1) is 0 Å². The third-order valence-electron chi connectivity index (χ3n) is 5.55. The van der Waals surface area contributed by atoms with Crippen LogP contribution < -0.4 is 9.62 Å². The molecular formula is C26H37N3O4S. The second-order valence-electron chi connectivity index (χ2n) is 9.16. The molecule has 2 aromatic carbocycles. The molecule has 186 valence electrons. The summed E-state index contributed by atoms with van der Waals surface area (Å²) in [4.78, 5) is 28.2. The minimum atomic E-state index is -3.75. The number of sulfonamides is 1. The van der Waals surface area contributed by atoms with E-state index in [9.17, 15) is 18.0 Å². The maximum Gasteiger partial charge on any atom is 0.244 e. The number of carbonyl (C=O) groups excluding carboxylic acids is 2. The fourth-order valence-corrected chi connectivity index (χ4v) is 4.89. The molecule has 0 aromatic heterocycles. The number of carbonyl (C=O) groups is 2.